The van der Waals surface area contributed by atoms with E-state index in [1.165, 1.54) is 6.07 Å². The van der Waals surface area contributed by atoms with Gasteiger partial charge in [-0.05, 0) is 61.6 Å². The number of nitrogens with one attached hydrogen (secondary N) is 3. The van der Waals surface area contributed by atoms with Crippen LogP contribution in [0.5, 0.6) is 11.5 Å². The molecule has 4 aromatic rings. The number of aromatic nitrogens is 1. The molecule has 33 heavy (non-hydrogen) atoms. The van der Waals surface area contributed by atoms with Crippen LogP contribution < -0.4 is 20.9 Å². The van der Waals surface area contributed by atoms with Crippen LogP contribution in [-0.2, 0) is 0 Å². The van der Waals surface area contributed by atoms with Crippen molar-refractivity contribution in [3.63, 3.8) is 0 Å². The highest BCUT2D eigenvalue weighted by molar-refractivity contribution is 5.89. The number of fused-ring (bicyclic) bond motifs is 1. The van der Waals surface area contributed by atoms with E-state index in [2.05, 4.69) is 15.6 Å². The lowest BCUT2D eigenvalue weighted by Crippen LogP contribution is -2.34. The van der Waals surface area contributed by atoms with Crippen LogP contribution in [0, 0.1) is 0 Å². The van der Waals surface area contributed by atoms with Crippen LogP contribution in [-0.4, -0.2) is 43.1 Å². The maximum absolute atomic E-state index is 12.0. The first-order valence-corrected chi connectivity index (χ1v) is 10.7. The van der Waals surface area contributed by atoms with Crippen LogP contribution >= 0.6 is 0 Å². The quantitative estimate of drug-likeness (QED) is 0.388. The minimum atomic E-state index is -0.231. The first kappa shape index (κ1) is 22.1. The largest absolute Gasteiger partial charge is 0.456 e. The van der Waals surface area contributed by atoms with E-state index in [-0.39, 0.29) is 11.6 Å². The van der Waals surface area contributed by atoms with Gasteiger partial charge in [-0.15, -0.1) is 0 Å². The number of benzene rings is 3. The van der Waals surface area contributed by atoms with E-state index in [1.54, 1.807) is 0 Å². The summed E-state index contributed by atoms with van der Waals surface area (Å²) in [7, 11) is 3.92. The molecule has 0 atom stereocenters. The Morgan fingerprint density at radius 1 is 0.939 bits per heavy atom. The molecule has 7 nitrogen and oxygen atoms in total. The Balaban J connectivity index is 1.47. The van der Waals surface area contributed by atoms with Gasteiger partial charge in [-0.3, -0.25) is 4.79 Å². The molecule has 3 aromatic carbocycles. The summed E-state index contributed by atoms with van der Waals surface area (Å²) in [6, 6.07) is 24.0. The van der Waals surface area contributed by atoms with Crippen molar-refractivity contribution < 1.29 is 9.53 Å². The van der Waals surface area contributed by atoms with Crippen molar-refractivity contribution in [2.45, 2.75) is 0 Å². The monoisotopic (exact) mass is 442 g/mol. The molecule has 0 saturated heterocycles. The molecular formula is C26H26N4O3. The van der Waals surface area contributed by atoms with Crippen LogP contribution in [0.4, 0.5) is 10.5 Å². The van der Waals surface area contributed by atoms with Crippen LogP contribution in [0.1, 0.15) is 0 Å². The molecule has 0 aliphatic rings. The number of ether oxygens (including phenoxy) is 1. The number of hydrogen-bond acceptors (Lipinski definition) is 4. The third kappa shape index (κ3) is 5.78. The number of pyridine rings is 1. The van der Waals surface area contributed by atoms with Crippen molar-refractivity contribution in [3.8, 4) is 22.6 Å². The summed E-state index contributed by atoms with van der Waals surface area (Å²) in [6.07, 6.45) is 0. The van der Waals surface area contributed by atoms with Crippen molar-refractivity contribution in [2.75, 3.05) is 32.5 Å². The molecule has 2 amide bonds. The summed E-state index contributed by atoms with van der Waals surface area (Å²) >= 11 is 0. The molecule has 0 fully saturated rings. The minimum Gasteiger partial charge on any atom is -0.456 e. The molecule has 0 aliphatic carbocycles. The minimum absolute atomic E-state index is 0.214. The lowest BCUT2D eigenvalue weighted by atomic mass is 10.1. The normalized spacial score (nSPS) is 10.9. The fourth-order valence-electron chi connectivity index (χ4n) is 3.44. The van der Waals surface area contributed by atoms with Crippen LogP contribution in [0.15, 0.2) is 83.7 Å². The second kappa shape index (κ2) is 10.0. The van der Waals surface area contributed by atoms with E-state index in [4.69, 9.17) is 4.74 Å². The molecule has 1 heterocycles. The predicted molar refractivity (Wildman–Crippen MR) is 132 cm³/mol. The van der Waals surface area contributed by atoms with Crippen molar-refractivity contribution >= 4 is 22.6 Å². The number of H-pyrrole nitrogens is 1. The zero-order valence-corrected chi connectivity index (χ0v) is 18.6. The number of para-hydroxylation sites is 1. The number of carbonyl (C=O) groups excluding carboxylic acids is 1. The second-order valence-corrected chi connectivity index (χ2v) is 7.93. The number of hydrogen-bond donors (Lipinski definition) is 3. The van der Waals surface area contributed by atoms with Crippen molar-refractivity contribution in [1.29, 1.82) is 0 Å². The Labute approximate surface area is 192 Å². The number of carbonyl (C=O) groups is 1. The summed E-state index contributed by atoms with van der Waals surface area (Å²) in [4.78, 5) is 28.8. The Kier molecular flexibility index (Phi) is 6.71. The first-order valence-electron chi connectivity index (χ1n) is 10.7. The molecule has 0 spiro atoms. The average molecular weight is 443 g/mol. The van der Waals surface area contributed by atoms with Gasteiger partial charge in [0.05, 0.1) is 5.52 Å². The Morgan fingerprint density at radius 2 is 1.73 bits per heavy atom. The van der Waals surface area contributed by atoms with Gasteiger partial charge in [-0.25, -0.2) is 4.79 Å². The van der Waals surface area contributed by atoms with Gasteiger partial charge in [0.1, 0.15) is 11.5 Å². The standard InChI is InChI=1S/C26H26N4O3/c1-30(2)15-14-27-26(32)28-20-12-10-18(11-13-20)19-6-5-7-21(16-19)33-24-17-25(31)29-23-9-4-3-8-22(23)24/h3-13,16-17H,14-15H2,1-2H3,(H,29,31)(H2,27,28,32). The SMILES string of the molecule is CN(C)CCNC(=O)Nc1ccc(-c2cccc(Oc3cc(=O)[nH]c4ccccc34)c2)cc1. The first-order chi connectivity index (χ1) is 16.0. The van der Waals surface area contributed by atoms with Gasteiger partial charge in [-0.1, -0.05) is 36.4 Å². The molecule has 1 aromatic heterocycles. The van der Waals surface area contributed by atoms with E-state index < -0.39 is 0 Å². The number of rotatable bonds is 7. The van der Waals surface area contributed by atoms with Gasteiger partial charge in [0, 0.05) is 30.2 Å². The van der Waals surface area contributed by atoms with Crippen molar-refractivity contribution in [2.24, 2.45) is 0 Å². The molecule has 168 valence electrons. The third-order valence-corrected chi connectivity index (χ3v) is 5.10. The molecule has 0 bridgehead atoms. The van der Waals surface area contributed by atoms with Gasteiger partial charge < -0.3 is 25.3 Å². The van der Waals surface area contributed by atoms with Crippen molar-refractivity contribution in [3.05, 3.63) is 89.2 Å². The van der Waals surface area contributed by atoms with Crippen molar-refractivity contribution in [1.82, 2.24) is 15.2 Å². The van der Waals surface area contributed by atoms with E-state index in [9.17, 15) is 9.59 Å². The van der Waals surface area contributed by atoms with Gasteiger partial charge >= 0.3 is 6.03 Å². The van der Waals surface area contributed by atoms with Gasteiger partial charge in [0.2, 0.25) is 0 Å². The number of nitrogens with zero attached hydrogens (tertiary/aromatic N) is 1. The lowest BCUT2D eigenvalue weighted by Gasteiger charge is -2.12. The van der Waals surface area contributed by atoms with Crippen LogP contribution in [0.3, 0.4) is 0 Å². The fourth-order valence-corrected chi connectivity index (χ4v) is 3.44. The zero-order chi connectivity index (χ0) is 23.2. The Hall–Kier alpha value is -4.10. The van der Waals surface area contributed by atoms with E-state index >= 15 is 0 Å². The number of likely N-dealkylation sites (N-methyl/N-ethyl adjacent to an activating group) is 1. The average Bonchev–Trinajstić information content (AvgIpc) is 2.79. The highest BCUT2D eigenvalue weighted by Crippen LogP contribution is 2.30. The third-order valence-electron chi connectivity index (χ3n) is 5.10. The highest BCUT2D eigenvalue weighted by Gasteiger charge is 2.08. The van der Waals surface area contributed by atoms with E-state index in [0.29, 0.717) is 23.7 Å². The van der Waals surface area contributed by atoms with E-state index in [0.717, 1.165) is 28.6 Å². The molecular weight excluding hydrogens is 416 g/mol. The number of urea groups is 1. The van der Waals surface area contributed by atoms with Gasteiger partial charge in [0.15, 0.2) is 0 Å². The van der Waals surface area contributed by atoms with Crippen LogP contribution in [0.25, 0.3) is 22.0 Å². The fraction of sp³-hybridized carbons (Fsp3) is 0.154. The summed E-state index contributed by atoms with van der Waals surface area (Å²) in [6.45, 7) is 1.35. The molecule has 7 heteroatoms. The smallest absolute Gasteiger partial charge is 0.319 e. The molecule has 4 rings (SSSR count). The maximum Gasteiger partial charge on any atom is 0.319 e. The topological polar surface area (TPSA) is 86.5 Å². The highest BCUT2D eigenvalue weighted by atomic mass is 16.5. The van der Waals surface area contributed by atoms with Crippen LogP contribution in [0.2, 0.25) is 0 Å². The number of amides is 2. The number of aromatic amines is 1. The summed E-state index contributed by atoms with van der Waals surface area (Å²) in [5.74, 6) is 1.14. The maximum atomic E-state index is 12.0. The molecule has 0 saturated carbocycles. The molecule has 0 radical (unpaired) electrons. The van der Waals surface area contributed by atoms with E-state index in [1.807, 2.05) is 91.8 Å². The summed E-state index contributed by atoms with van der Waals surface area (Å²) < 4.78 is 6.08. The second-order valence-electron chi connectivity index (χ2n) is 7.93. The Bertz CT molecular complexity index is 1310. The molecule has 0 aliphatic heterocycles. The summed E-state index contributed by atoms with van der Waals surface area (Å²) in [5, 5.41) is 6.49. The number of anilines is 1. The molecule has 3 N–H and O–H groups in total. The lowest BCUT2D eigenvalue weighted by molar-refractivity contribution is 0.250. The van der Waals surface area contributed by atoms with Gasteiger partial charge in [0.25, 0.3) is 5.56 Å². The summed E-state index contributed by atoms with van der Waals surface area (Å²) in [5.41, 5.74) is 3.17. The van der Waals surface area contributed by atoms with Gasteiger partial charge in [-0.2, -0.15) is 0 Å². The molecule has 0 unspecified atom stereocenters. The Morgan fingerprint density at radius 3 is 2.52 bits per heavy atom. The predicted octanol–water partition coefficient (Wildman–Crippen LogP) is 4.67. The zero-order valence-electron chi connectivity index (χ0n) is 18.6.